The van der Waals surface area contributed by atoms with E-state index in [1.807, 2.05) is 12.1 Å². The first kappa shape index (κ1) is 15.9. The van der Waals surface area contributed by atoms with Gasteiger partial charge in [-0.2, -0.15) is 0 Å². The van der Waals surface area contributed by atoms with Gasteiger partial charge in [0.25, 0.3) is 0 Å². The van der Waals surface area contributed by atoms with Gasteiger partial charge in [0, 0.05) is 12.4 Å². The van der Waals surface area contributed by atoms with Crippen LogP contribution in [0, 0.1) is 0 Å². The predicted octanol–water partition coefficient (Wildman–Crippen LogP) is -0.00240. The van der Waals surface area contributed by atoms with E-state index in [2.05, 4.69) is 10.3 Å². The van der Waals surface area contributed by atoms with E-state index in [1.165, 1.54) is 0 Å². The van der Waals surface area contributed by atoms with E-state index in [-0.39, 0.29) is 30.8 Å². The number of nitrogens with one attached hydrogen (secondary N) is 1. The van der Waals surface area contributed by atoms with Crippen molar-refractivity contribution in [3.63, 3.8) is 0 Å². The molecule has 1 saturated heterocycles. The molecule has 0 radical (unpaired) electrons. The predicted molar refractivity (Wildman–Crippen MR) is 78.5 cm³/mol. The Bertz CT molecular complexity index is 441. The van der Waals surface area contributed by atoms with Crippen LogP contribution < -0.4 is 11.1 Å². The number of aliphatic hydroxyl groups excluding tert-OH is 1. The first-order chi connectivity index (χ1) is 10.2. The highest BCUT2D eigenvalue weighted by molar-refractivity contribution is 5.78. The lowest BCUT2D eigenvalue weighted by atomic mass is 9.97. The SMILES string of the molecule is NCC[C@@H]1CC[C@@H](NC(=O)Cc2ccncc2)[C@@H](CO)O1. The van der Waals surface area contributed by atoms with E-state index in [0.717, 1.165) is 24.8 Å². The lowest BCUT2D eigenvalue weighted by molar-refractivity contribution is -0.127. The summed E-state index contributed by atoms with van der Waals surface area (Å²) in [6, 6.07) is 3.49. The maximum absolute atomic E-state index is 12.1. The second-order valence-electron chi connectivity index (χ2n) is 5.34. The van der Waals surface area contributed by atoms with Gasteiger partial charge in [0.2, 0.25) is 5.91 Å². The van der Waals surface area contributed by atoms with Crippen LogP contribution in [-0.4, -0.2) is 47.4 Å². The fourth-order valence-electron chi connectivity index (χ4n) is 2.64. The molecule has 116 valence electrons. The number of aromatic nitrogens is 1. The number of nitrogens with zero attached hydrogens (tertiary/aromatic N) is 1. The zero-order valence-corrected chi connectivity index (χ0v) is 12.1. The van der Waals surface area contributed by atoms with Gasteiger partial charge in [-0.3, -0.25) is 9.78 Å². The summed E-state index contributed by atoms with van der Waals surface area (Å²) in [5.41, 5.74) is 6.45. The van der Waals surface area contributed by atoms with Crippen LogP contribution >= 0.6 is 0 Å². The standard InChI is InChI=1S/C15H23N3O3/c16-6-3-12-1-2-13(14(10-19)21-12)18-15(20)9-11-4-7-17-8-5-11/h4-5,7-8,12-14,19H,1-3,6,9-10,16H2,(H,18,20)/t12-,13+,14+/m0/s1. The summed E-state index contributed by atoms with van der Waals surface area (Å²) in [5.74, 6) is -0.0643. The van der Waals surface area contributed by atoms with Crippen molar-refractivity contribution in [2.45, 2.75) is 43.9 Å². The van der Waals surface area contributed by atoms with Gasteiger partial charge in [-0.25, -0.2) is 0 Å². The number of aliphatic hydroxyl groups is 1. The highest BCUT2D eigenvalue weighted by Crippen LogP contribution is 2.21. The highest BCUT2D eigenvalue weighted by Gasteiger charge is 2.31. The van der Waals surface area contributed by atoms with Gasteiger partial charge < -0.3 is 20.9 Å². The Morgan fingerprint density at radius 3 is 2.86 bits per heavy atom. The Morgan fingerprint density at radius 1 is 1.43 bits per heavy atom. The lowest BCUT2D eigenvalue weighted by Gasteiger charge is -2.36. The van der Waals surface area contributed by atoms with E-state index >= 15 is 0 Å². The third-order valence-corrected chi connectivity index (χ3v) is 3.74. The topological polar surface area (TPSA) is 97.5 Å². The Balaban J connectivity index is 1.85. The molecular formula is C15H23N3O3. The van der Waals surface area contributed by atoms with Crippen molar-refractivity contribution in [1.29, 1.82) is 0 Å². The number of hydrogen-bond acceptors (Lipinski definition) is 5. The smallest absolute Gasteiger partial charge is 0.224 e. The van der Waals surface area contributed by atoms with Crippen LogP contribution in [0.5, 0.6) is 0 Å². The number of rotatable bonds is 6. The average molecular weight is 293 g/mol. The molecule has 1 amide bonds. The van der Waals surface area contributed by atoms with Crippen molar-refractivity contribution in [3.05, 3.63) is 30.1 Å². The summed E-state index contributed by atoms with van der Waals surface area (Å²) in [7, 11) is 0. The minimum Gasteiger partial charge on any atom is -0.394 e. The number of carbonyl (C=O) groups is 1. The number of ether oxygens (including phenoxy) is 1. The molecule has 6 heteroatoms. The first-order valence-corrected chi connectivity index (χ1v) is 7.37. The average Bonchev–Trinajstić information content (AvgIpc) is 2.50. The van der Waals surface area contributed by atoms with Crippen molar-refractivity contribution in [1.82, 2.24) is 10.3 Å². The van der Waals surface area contributed by atoms with E-state index in [9.17, 15) is 9.90 Å². The third kappa shape index (κ3) is 4.77. The summed E-state index contributed by atoms with van der Waals surface area (Å²) < 4.78 is 5.78. The van der Waals surface area contributed by atoms with Crippen LogP contribution in [0.4, 0.5) is 0 Å². The number of nitrogens with two attached hydrogens (primary N) is 1. The van der Waals surface area contributed by atoms with Crippen molar-refractivity contribution in [3.8, 4) is 0 Å². The van der Waals surface area contributed by atoms with Crippen molar-refractivity contribution in [2.75, 3.05) is 13.2 Å². The van der Waals surface area contributed by atoms with Crippen molar-refractivity contribution < 1.29 is 14.6 Å². The number of pyridine rings is 1. The molecule has 3 atom stereocenters. The molecule has 1 aliphatic heterocycles. The lowest BCUT2D eigenvalue weighted by Crippen LogP contribution is -2.51. The minimum atomic E-state index is -0.350. The van der Waals surface area contributed by atoms with Gasteiger partial charge >= 0.3 is 0 Å². The van der Waals surface area contributed by atoms with Crippen LogP contribution in [-0.2, 0) is 16.0 Å². The van der Waals surface area contributed by atoms with Crippen LogP contribution in [0.1, 0.15) is 24.8 Å². The summed E-state index contributed by atoms with van der Waals surface area (Å²) in [6.45, 7) is 0.475. The fraction of sp³-hybridized carbons (Fsp3) is 0.600. The van der Waals surface area contributed by atoms with E-state index in [4.69, 9.17) is 10.5 Å². The zero-order chi connectivity index (χ0) is 15.1. The number of hydrogen-bond donors (Lipinski definition) is 3. The monoisotopic (exact) mass is 293 g/mol. The Hall–Kier alpha value is -1.50. The van der Waals surface area contributed by atoms with Crippen LogP contribution in [0.2, 0.25) is 0 Å². The van der Waals surface area contributed by atoms with Gasteiger partial charge in [-0.05, 0) is 43.5 Å². The van der Waals surface area contributed by atoms with Gasteiger partial charge in [0.1, 0.15) is 6.10 Å². The third-order valence-electron chi connectivity index (χ3n) is 3.74. The normalized spacial score (nSPS) is 25.5. The second-order valence-corrected chi connectivity index (χ2v) is 5.34. The van der Waals surface area contributed by atoms with Crippen LogP contribution in [0.15, 0.2) is 24.5 Å². The number of carbonyl (C=O) groups excluding carboxylic acids is 1. The zero-order valence-electron chi connectivity index (χ0n) is 12.1. The van der Waals surface area contributed by atoms with Gasteiger partial charge in [-0.15, -0.1) is 0 Å². The molecule has 1 aromatic rings. The molecule has 1 aromatic heterocycles. The maximum Gasteiger partial charge on any atom is 0.224 e. The van der Waals surface area contributed by atoms with Gasteiger partial charge in [0.05, 0.1) is 25.2 Å². The quantitative estimate of drug-likeness (QED) is 0.686. The summed E-state index contributed by atoms with van der Waals surface area (Å²) >= 11 is 0. The van der Waals surface area contributed by atoms with Crippen molar-refractivity contribution in [2.24, 2.45) is 5.73 Å². The molecule has 2 heterocycles. The molecule has 4 N–H and O–H groups in total. The Labute approximate surface area is 124 Å². The molecule has 0 bridgehead atoms. The maximum atomic E-state index is 12.1. The van der Waals surface area contributed by atoms with E-state index < -0.39 is 0 Å². The Kier molecular flexibility index (Phi) is 6.10. The van der Waals surface area contributed by atoms with E-state index in [0.29, 0.717) is 13.0 Å². The molecule has 1 fully saturated rings. The second kappa shape index (κ2) is 8.07. The van der Waals surface area contributed by atoms with Gasteiger partial charge in [0.15, 0.2) is 0 Å². The molecule has 2 rings (SSSR count). The molecule has 0 unspecified atom stereocenters. The Morgan fingerprint density at radius 2 is 2.19 bits per heavy atom. The van der Waals surface area contributed by atoms with Crippen LogP contribution in [0.3, 0.4) is 0 Å². The van der Waals surface area contributed by atoms with Crippen molar-refractivity contribution >= 4 is 5.91 Å². The molecule has 0 aromatic carbocycles. The highest BCUT2D eigenvalue weighted by atomic mass is 16.5. The molecule has 6 nitrogen and oxygen atoms in total. The first-order valence-electron chi connectivity index (χ1n) is 7.37. The summed E-state index contributed by atoms with van der Waals surface area (Å²) in [4.78, 5) is 16.0. The molecule has 0 saturated carbocycles. The fourth-order valence-corrected chi connectivity index (χ4v) is 2.64. The van der Waals surface area contributed by atoms with Gasteiger partial charge in [-0.1, -0.05) is 0 Å². The largest absolute Gasteiger partial charge is 0.394 e. The number of amides is 1. The molecule has 1 aliphatic rings. The van der Waals surface area contributed by atoms with Crippen LogP contribution in [0.25, 0.3) is 0 Å². The molecule has 0 spiro atoms. The molecular weight excluding hydrogens is 270 g/mol. The minimum absolute atomic E-state index is 0.0643. The van der Waals surface area contributed by atoms with E-state index in [1.54, 1.807) is 12.4 Å². The summed E-state index contributed by atoms with van der Waals surface area (Å²) in [6.07, 6.45) is 5.82. The summed E-state index contributed by atoms with van der Waals surface area (Å²) in [5, 5.41) is 12.4. The molecule has 0 aliphatic carbocycles. The molecule has 21 heavy (non-hydrogen) atoms.